The van der Waals surface area contributed by atoms with E-state index in [0.29, 0.717) is 12.4 Å². The molecule has 0 atom stereocenters. The number of methoxy groups -OCH3 is 1. The summed E-state index contributed by atoms with van der Waals surface area (Å²) in [5.74, 6) is 1.34. The molecule has 1 aromatic carbocycles. The fourth-order valence-corrected chi connectivity index (χ4v) is 2.68. The van der Waals surface area contributed by atoms with Crippen LogP contribution in [0.1, 0.15) is 5.56 Å². The lowest BCUT2D eigenvalue weighted by Gasteiger charge is -2.06. The van der Waals surface area contributed by atoms with Crippen LogP contribution in [0.15, 0.2) is 55.2 Å². The van der Waals surface area contributed by atoms with Crippen molar-refractivity contribution in [2.24, 2.45) is 7.05 Å². The molecule has 3 aromatic heterocycles. The lowest BCUT2D eigenvalue weighted by Crippen LogP contribution is -1.99. The molecule has 0 spiro atoms. The van der Waals surface area contributed by atoms with Crippen LogP contribution in [0.3, 0.4) is 0 Å². The van der Waals surface area contributed by atoms with Gasteiger partial charge in [0.05, 0.1) is 31.6 Å². The smallest absolute Gasteiger partial charge is 0.162 e. The maximum atomic E-state index is 5.36. The van der Waals surface area contributed by atoms with Gasteiger partial charge in [0.25, 0.3) is 0 Å². The molecule has 0 saturated heterocycles. The quantitative estimate of drug-likeness (QED) is 0.550. The van der Waals surface area contributed by atoms with Gasteiger partial charge in [0.2, 0.25) is 0 Å². The predicted octanol–water partition coefficient (Wildman–Crippen LogP) is 2.19. The molecule has 8 heteroatoms. The Morgan fingerprint density at radius 1 is 1.04 bits per heavy atom. The molecule has 0 bridgehead atoms. The summed E-state index contributed by atoms with van der Waals surface area (Å²) >= 11 is 0. The summed E-state index contributed by atoms with van der Waals surface area (Å²) < 4.78 is 8.89. The summed E-state index contributed by atoms with van der Waals surface area (Å²) in [7, 11) is 3.52. The predicted molar refractivity (Wildman–Crippen MR) is 95.3 cm³/mol. The normalized spacial score (nSPS) is 10.8. The minimum absolute atomic E-state index is 0.606. The highest BCUT2D eigenvalue weighted by Gasteiger charge is 2.10. The van der Waals surface area contributed by atoms with Gasteiger partial charge in [0.1, 0.15) is 11.4 Å². The number of aromatic nitrogens is 7. The number of nitrogens with zero attached hydrogens (tertiary/aromatic N) is 7. The molecule has 130 valence electrons. The second kappa shape index (κ2) is 6.75. The number of aryl methyl sites for hydroxylation is 1. The fraction of sp³-hybridized carbons (Fsp3) is 0.167. The molecule has 0 aliphatic rings. The van der Waals surface area contributed by atoms with Gasteiger partial charge in [-0.2, -0.15) is 5.10 Å². The molecule has 26 heavy (non-hydrogen) atoms. The topological polar surface area (TPSA) is 83.5 Å². The third kappa shape index (κ3) is 3.16. The fourth-order valence-electron chi connectivity index (χ4n) is 2.68. The van der Waals surface area contributed by atoms with Crippen molar-refractivity contribution in [1.29, 1.82) is 0 Å². The highest BCUT2D eigenvalue weighted by molar-refractivity contribution is 5.65. The Morgan fingerprint density at radius 2 is 1.85 bits per heavy atom. The molecule has 0 radical (unpaired) electrons. The molecule has 4 aromatic rings. The summed E-state index contributed by atoms with van der Waals surface area (Å²) in [4.78, 5) is 8.90. The first-order valence-corrected chi connectivity index (χ1v) is 8.06. The minimum Gasteiger partial charge on any atom is -0.496 e. The number of para-hydroxylation sites is 1. The van der Waals surface area contributed by atoms with Crippen molar-refractivity contribution in [1.82, 2.24) is 34.7 Å². The Morgan fingerprint density at radius 3 is 2.58 bits per heavy atom. The van der Waals surface area contributed by atoms with E-state index in [1.165, 1.54) is 0 Å². The second-order valence-electron chi connectivity index (χ2n) is 5.82. The lowest BCUT2D eigenvalue weighted by atomic mass is 10.2. The second-order valence-corrected chi connectivity index (χ2v) is 5.82. The van der Waals surface area contributed by atoms with E-state index in [1.54, 1.807) is 28.9 Å². The first-order valence-electron chi connectivity index (χ1n) is 8.06. The molecule has 0 saturated carbocycles. The van der Waals surface area contributed by atoms with Crippen molar-refractivity contribution in [2.45, 2.75) is 6.54 Å². The molecule has 0 aliphatic heterocycles. The maximum Gasteiger partial charge on any atom is 0.162 e. The lowest BCUT2D eigenvalue weighted by molar-refractivity contribution is 0.416. The Labute approximate surface area is 150 Å². The number of hydrogen-bond acceptors (Lipinski definition) is 6. The third-order valence-corrected chi connectivity index (χ3v) is 3.94. The van der Waals surface area contributed by atoms with E-state index < -0.39 is 0 Å². The summed E-state index contributed by atoms with van der Waals surface area (Å²) in [6.45, 7) is 0.612. The Hall–Kier alpha value is -3.55. The van der Waals surface area contributed by atoms with Crippen LogP contribution in [0.2, 0.25) is 0 Å². The average molecular weight is 347 g/mol. The van der Waals surface area contributed by atoms with Gasteiger partial charge in [-0.15, -0.1) is 5.10 Å². The molecule has 0 N–H and O–H groups in total. The van der Waals surface area contributed by atoms with Crippen LogP contribution < -0.4 is 4.74 Å². The molecule has 8 nitrogen and oxygen atoms in total. The van der Waals surface area contributed by atoms with Crippen LogP contribution in [0.4, 0.5) is 0 Å². The standard InChI is InChI=1S/C18H17N7O/c1-24-10-13(7-21-24)11-25-12-16(22-23-25)14-8-19-18(20-9-14)15-5-3-4-6-17(15)26-2/h3-10,12H,11H2,1-2H3. The van der Waals surface area contributed by atoms with Crippen molar-refractivity contribution in [2.75, 3.05) is 7.11 Å². The van der Waals surface area contributed by atoms with Gasteiger partial charge >= 0.3 is 0 Å². The molecular formula is C18H17N7O. The zero-order valence-corrected chi connectivity index (χ0v) is 14.4. The van der Waals surface area contributed by atoms with Gasteiger partial charge in [0, 0.05) is 36.8 Å². The van der Waals surface area contributed by atoms with Gasteiger partial charge in [-0.3, -0.25) is 4.68 Å². The number of ether oxygens (including phenoxy) is 1. The van der Waals surface area contributed by atoms with E-state index in [2.05, 4.69) is 25.4 Å². The third-order valence-electron chi connectivity index (χ3n) is 3.94. The van der Waals surface area contributed by atoms with Crippen molar-refractivity contribution < 1.29 is 4.74 Å². The summed E-state index contributed by atoms with van der Waals surface area (Å²) in [5, 5.41) is 12.5. The summed E-state index contributed by atoms with van der Waals surface area (Å²) in [5.41, 5.74) is 3.44. The van der Waals surface area contributed by atoms with Gasteiger partial charge in [0.15, 0.2) is 5.82 Å². The van der Waals surface area contributed by atoms with Crippen molar-refractivity contribution in [3.63, 3.8) is 0 Å². The summed E-state index contributed by atoms with van der Waals surface area (Å²) in [6.07, 6.45) is 9.12. The van der Waals surface area contributed by atoms with Crippen LogP contribution in [-0.2, 0) is 13.6 Å². The number of hydrogen-bond donors (Lipinski definition) is 0. The number of benzene rings is 1. The maximum absolute atomic E-state index is 5.36. The highest BCUT2D eigenvalue weighted by Crippen LogP contribution is 2.27. The SMILES string of the molecule is COc1ccccc1-c1ncc(-c2cn(Cc3cnn(C)c3)nn2)cn1. The van der Waals surface area contributed by atoms with Gasteiger partial charge in [-0.05, 0) is 12.1 Å². The average Bonchev–Trinajstić information content (AvgIpc) is 3.31. The van der Waals surface area contributed by atoms with E-state index in [0.717, 1.165) is 28.1 Å². The Bertz CT molecular complexity index is 1020. The van der Waals surface area contributed by atoms with Crippen molar-refractivity contribution >= 4 is 0 Å². The van der Waals surface area contributed by atoms with Gasteiger partial charge in [-0.25, -0.2) is 14.6 Å². The molecule has 0 fully saturated rings. The van der Waals surface area contributed by atoms with Crippen LogP contribution in [0.5, 0.6) is 5.75 Å². The van der Waals surface area contributed by atoms with E-state index in [9.17, 15) is 0 Å². The number of rotatable bonds is 5. The van der Waals surface area contributed by atoms with Crippen molar-refractivity contribution in [3.8, 4) is 28.4 Å². The van der Waals surface area contributed by atoms with Gasteiger partial charge in [-0.1, -0.05) is 17.3 Å². The monoisotopic (exact) mass is 347 g/mol. The minimum atomic E-state index is 0.606. The van der Waals surface area contributed by atoms with E-state index >= 15 is 0 Å². The van der Waals surface area contributed by atoms with Crippen LogP contribution >= 0.6 is 0 Å². The first-order chi connectivity index (χ1) is 12.7. The van der Waals surface area contributed by atoms with Crippen LogP contribution in [-0.4, -0.2) is 41.9 Å². The molecule has 3 heterocycles. The van der Waals surface area contributed by atoms with E-state index in [-0.39, 0.29) is 0 Å². The summed E-state index contributed by atoms with van der Waals surface area (Å²) in [6, 6.07) is 7.66. The van der Waals surface area contributed by atoms with Crippen LogP contribution in [0.25, 0.3) is 22.6 Å². The van der Waals surface area contributed by atoms with E-state index in [1.807, 2.05) is 49.9 Å². The van der Waals surface area contributed by atoms with Crippen LogP contribution in [0, 0.1) is 0 Å². The molecule has 4 rings (SSSR count). The Balaban J connectivity index is 1.56. The highest BCUT2D eigenvalue weighted by atomic mass is 16.5. The largest absolute Gasteiger partial charge is 0.496 e. The van der Waals surface area contributed by atoms with Crippen molar-refractivity contribution in [3.05, 3.63) is 60.8 Å². The van der Waals surface area contributed by atoms with Gasteiger partial charge < -0.3 is 4.74 Å². The molecule has 0 amide bonds. The zero-order valence-electron chi connectivity index (χ0n) is 14.4. The molecular weight excluding hydrogens is 330 g/mol. The molecule has 0 unspecified atom stereocenters. The zero-order chi connectivity index (χ0) is 17.9. The Kier molecular flexibility index (Phi) is 4.14. The molecule has 0 aliphatic carbocycles. The first kappa shape index (κ1) is 15.9. The van der Waals surface area contributed by atoms with E-state index in [4.69, 9.17) is 4.74 Å².